The Hall–Kier alpha value is -4.30. The summed E-state index contributed by atoms with van der Waals surface area (Å²) in [5, 5.41) is 18.3. The third-order valence-corrected chi connectivity index (χ3v) is 5.80. The molecule has 0 fully saturated rings. The van der Waals surface area contributed by atoms with E-state index in [0.717, 1.165) is 5.56 Å². The van der Waals surface area contributed by atoms with Crippen LogP contribution in [0.5, 0.6) is 0 Å². The average molecular weight is 502 g/mol. The molecule has 192 valence electrons. The minimum atomic E-state index is -0.934. The van der Waals surface area contributed by atoms with Crippen molar-refractivity contribution in [3.63, 3.8) is 0 Å². The van der Waals surface area contributed by atoms with Gasteiger partial charge in [0.15, 0.2) is 5.78 Å². The molecule has 0 unspecified atom stereocenters. The van der Waals surface area contributed by atoms with E-state index in [0.29, 0.717) is 22.4 Å². The van der Waals surface area contributed by atoms with Crippen molar-refractivity contribution in [2.24, 2.45) is 0 Å². The Bertz CT molecular complexity index is 1240. The number of amides is 3. The number of aliphatic hydroxyl groups is 1. The zero-order valence-electron chi connectivity index (χ0n) is 20.9. The van der Waals surface area contributed by atoms with Gasteiger partial charge in [0.2, 0.25) is 11.8 Å². The highest BCUT2D eigenvalue weighted by atomic mass is 16.3. The normalized spacial score (nSPS) is 12.2. The average Bonchev–Trinajstić information content (AvgIpc) is 2.89. The number of carbonyl (C=O) groups excluding carboxylic acids is 4. The second-order valence-corrected chi connectivity index (χ2v) is 8.78. The van der Waals surface area contributed by atoms with Crippen LogP contribution in [0.4, 0.5) is 5.69 Å². The van der Waals surface area contributed by atoms with E-state index in [9.17, 15) is 24.3 Å². The van der Waals surface area contributed by atoms with Gasteiger partial charge < -0.3 is 21.1 Å². The Kier molecular flexibility index (Phi) is 9.69. The third kappa shape index (κ3) is 8.12. The summed E-state index contributed by atoms with van der Waals surface area (Å²) in [6.45, 7) is 2.54. The molecule has 0 aliphatic carbocycles. The summed E-state index contributed by atoms with van der Waals surface area (Å²) in [7, 11) is 0. The Labute approximate surface area is 216 Å². The lowest BCUT2D eigenvalue weighted by Gasteiger charge is -2.23. The zero-order chi connectivity index (χ0) is 26.8. The fraction of sp³-hybridized carbons (Fsp3) is 0.241. The van der Waals surface area contributed by atoms with Crippen LogP contribution in [0.3, 0.4) is 0 Å². The molecule has 3 amide bonds. The number of nitrogens with one attached hydrogen (secondary N) is 3. The largest absolute Gasteiger partial charge is 0.394 e. The van der Waals surface area contributed by atoms with Gasteiger partial charge in [0.05, 0.1) is 12.6 Å². The first-order chi connectivity index (χ1) is 17.8. The topological polar surface area (TPSA) is 125 Å². The van der Waals surface area contributed by atoms with E-state index in [2.05, 4.69) is 16.0 Å². The monoisotopic (exact) mass is 501 g/mol. The molecule has 0 bridgehead atoms. The predicted molar refractivity (Wildman–Crippen MR) is 141 cm³/mol. The summed E-state index contributed by atoms with van der Waals surface area (Å²) in [5.41, 5.74) is 3.05. The van der Waals surface area contributed by atoms with Crippen LogP contribution in [0.2, 0.25) is 0 Å². The number of aliphatic hydroxyl groups excluding tert-OH is 1. The number of carbonyl (C=O) groups is 4. The van der Waals surface area contributed by atoms with Gasteiger partial charge >= 0.3 is 0 Å². The van der Waals surface area contributed by atoms with Crippen LogP contribution in [0.15, 0.2) is 78.9 Å². The molecule has 0 aliphatic heterocycles. The third-order valence-electron chi connectivity index (χ3n) is 5.80. The second-order valence-electron chi connectivity index (χ2n) is 8.78. The molecule has 0 radical (unpaired) electrons. The first-order valence-electron chi connectivity index (χ1n) is 12.0. The Morgan fingerprint density at radius 1 is 0.784 bits per heavy atom. The number of anilines is 1. The molecule has 0 aromatic heterocycles. The van der Waals surface area contributed by atoms with Gasteiger partial charge in [0.25, 0.3) is 5.91 Å². The molecule has 8 nitrogen and oxygen atoms in total. The molecule has 3 rings (SSSR count). The maximum absolute atomic E-state index is 13.3. The highest BCUT2D eigenvalue weighted by Crippen LogP contribution is 2.14. The summed E-state index contributed by atoms with van der Waals surface area (Å²) < 4.78 is 0. The molecule has 0 saturated heterocycles. The van der Waals surface area contributed by atoms with Gasteiger partial charge in [-0.25, -0.2) is 0 Å². The number of hydrogen-bond acceptors (Lipinski definition) is 5. The zero-order valence-corrected chi connectivity index (χ0v) is 20.9. The summed E-state index contributed by atoms with van der Waals surface area (Å²) in [5.74, 6) is -1.16. The van der Waals surface area contributed by atoms with E-state index in [4.69, 9.17) is 0 Å². The highest BCUT2D eigenvalue weighted by molar-refractivity contribution is 5.98. The van der Waals surface area contributed by atoms with Gasteiger partial charge in [0.1, 0.15) is 6.04 Å². The molecular formula is C29H31N3O5. The molecule has 2 atom stereocenters. The van der Waals surface area contributed by atoms with Crippen LogP contribution < -0.4 is 16.0 Å². The molecule has 3 aromatic rings. The standard InChI is InChI=1S/C29H31N3O5/c1-19(34)26-11-7-6-10-23(26)17-25(18-33)31-29(37)27(32-28(36)22-8-4-3-5-9-22)16-21-12-14-24(15-13-21)30-20(2)35/h3-15,25,27,33H,16-18H2,1-2H3,(H,30,35)(H,31,37)(H,32,36)/t25-,27-/m0/s1. The van der Waals surface area contributed by atoms with Crippen molar-refractivity contribution in [2.75, 3.05) is 11.9 Å². The summed E-state index contributed by atoms with van der Waals surface area (Å²) in [6, 6.07) is 21.0. The van der Waals surface area contributed by atoms with Crippen molar-refractivity contribution in [3.05, 3.63) is 101 Å². The van der Waals surface area contributed by atoms with Crippen molar-refractivity contribution in [2.45, 2.75) is 38.8 Å². The number of ketones is 1. The number of rotatable bonds is 11. The van der Waals surface area contributed by atoms with Crippen molar-refractivity contribution in [1.29, 1.82) is 0 Å². The lowest BCUT2D eigenvalue weighted by Crippen LogP contribution is -2.52. The molecule has 0 heterocycles. The summed E-state index contributed by atoms with van der Waals surface area (Å²) >= 11 is 0. The van der Waals surface area contributed by atoms with E-state index in [1.807, 2.05) is 0 Å². The molecule has 4 N–H and O–H groups in total. The van der Waals surface area contributed by atoms with E-state index in [1.165, 1.54) is 13.8 Å². The molecule has 0 saturated carbocycles. The fourth-order valence-electron chi connectivity index (χ4n) is 3.97. The smallest absolute Gasteiger partial charge is 0.251 e. The van der Waals surface area contributed by atoms with Crippen molar-refractivity contribution < 1.29 is 24.3 Å². The van der Waals surface area contributed by atoms with Crippen molar-refractivity contribution in [1.82, 2.24) is 10.6 Å². The number of Topliss-reactive ketones (excluding diaryl/α,β-unsaturated/α-hetero) is 1. The van der Waals surface area contributed by atoms with Crippen LogP contribution in [0.25, 0.3) is 0 Å². The van der Waals surface area contributed by atoms with E-state index >= 15 is 0 Å². The van der Waals surface area contributed by atoms with Gasteiger partial charge in [-0.15, -0.1) is 0 Å². The fourth-order valence-corrected chi connectivity index (χ4v) is 3.97. The molecule has 8 heteroatoms. The van der Waals surface area contributed by atoms with Crippen LogP contribution >= 0.6 is 0 Å². The first-order valence-corrected chi connectivity index (χ1v) is 12.0. The molecular weight excluding hydrogens is 470 g/mol. The summed E-state index contributed by atoms with van der Waals surface area (Å²) in [6.07, 6.45) is 0.440. The SMILES string of the molecule is CC(=O)Nc1ccc(C[C@H](NC(=O)c2ccccc2)C(=O)N[C@H](CO)Cc2ccccc2C(C)=O)cc1. The van der Waals surface area contributed by atoms with Crippen LogP contribution in [-0.2, 0) is 22.4 Å². The molecule has 0 spiro atoms. The number of benzene rings is 3. The Morgan fingerprint density at radius 2 is 1.43 bits per heavy atom. The lowest BCUT2D eigenvalue weighted by atomic mass is 9.97. The molecule has 3 aromatic carbocycles. The van der Waals surface area contributed by atoms with Crippen LogP contribution in [0, 0.1) is 0 Å². The van der Waals surface area contributed by atoms with E-state index < -0.39 is 23.9 Å². The van der Waals surface area contributed by atoms with Gasteiger partial charge in [-0.2, -0.15) is 0 Å². The highest BCUT2D eigenvalue weighted by Gasteiger charge is 2.25. The Morgan fingerprint density at radius 3 is 2.05 bits per heavy atom. The van der Waals surface area contributed by atoms with Crippen LogP contribution in [-0.4, -0.2) is 47.3 Å². The van der Waals surface area contributed by atoms with Crippen LogP contribution in [0.1, 0.15) is 45.7 Å². The van der Waals surface area contributed by atoms with E-state index in [-0.39, 0.29) is 31.1 Å². The minimum Gasteiger partial charge on any atom is -0.394 e. The maximum Gasteiger partial charge on any atom is 0.251 e. The quantitative estimate of drug-likeness (QED) is 0.301. The molecule has 37 heavy (non-hydrogen) atoms. The van der Waals surface area contributed by atoms with E-state index in [1.54, 1.807) is 78.9 Å². The van der Waals surface area contributed by atoms with Gasteiger partial charge in [-0.3, -0.25) is 19.2 Å². The Balaban J connectivity index is 1.78. The number of hydrogen-bond donors (Lipinski definition) is 4. The maximum atomic E-state index is 13.3. The lowest BCUT2D eigenvalue weighted by molar-refractivity contribution is -0.124. The summed E-state index contributed by atoms with van der Waals surface area (Å²) in [4.78, 5) is 49.5. The minimum absolute atomic E-state index is 0.102. The second kappa shape index (κ2) is 13.1. The van der Waals surface area contributed by atoms with Crippen molar-refractivity contribution >= 4 is 29.2 Å². The predicted octanol–water partition coefficient (Wildman–Crippen LogP) is 2.91. The van der Waals surface area contributed by atoms with Gasteiger partial charge in [-0.05, 0) is 48.7 Å². The molecule has 0 aliphatic rings. The first kappa shape index (κ1) is 27.3. The van der Waals surface area contributed by atoms with Crippen molar-refractivity contribution in [3.8, 4) is 0 Å². The van der Waals surface area contributed by atoms with Gasteiger partial charge in [-0.1, -0.05) is 54.6 Å². The van der Waals surface area contributed by atoms with Gasteiger partial charge in [0, 0.05) is 30.2 Å².